The maximum atomic E-state index is 5.79. The van der Waals surface area contributed by atoms with Gasteiger partial charge in [0.25, 0.3) is 0 Å². The van der Waals surface area contributed by atoms with Crippen LogP contribution in [0.15, 0.2) is 81.8 Å². The highest BCUT2D eigenvalue weighted by molar-refractivity contribution is 7.14. The number of thiazole rings is 1. The first-order chi connectivity index (χ1) is 17.3. The number of methoxy groups -OCH3 is 1. The Morgan fingerprint density at radius 2 is 1.71 bits per heavy atom. The SMILES string of the molecule is COc1ccc(C2=NN(c3nc(-c4ccc(C5CCCCC5)cc4)cs3)[C@H](c3ccco3)C2)cc1. The van der Waals surface area contributed by atoms with Crippen molar-refractivity contribution < 1.29 is 9.15 Å². The Morgan fingerprint density at radius 1 is 0.943 bits per heavy atom. The first kappa shape index (κ1) is 22.1. The van der Waals surface area contributed by atoms with Gasteiger partial charge in [-0.05, 0) is 66.3 Å². The molecule has 1 saturated carbocycles. The van der Waals surface area contributed by atoms with Crippen molar-refractivity contribution in [3.05, 3.63) is 89.2 Å². The predicted octanol–water partition coefficient (Wildman–Crippen LogP) is 7.82. The summed E-state index contributed by atoms with van der Waals surface area (Å²) in [6.07, 6.45) is 9.20. The molecule has 4 aromatic rings. The van der Waals surface area contributed by atoms with E-state index in [1.165, 1.54) is 37.7 Å². The second-order valence-electron chi connectivity index (χ2n) is 9.33. The van der Waals surface area contributed by atoms with Crippen molar-refractivity contribution in [3.8, 4) is 17.0 Å². The lowest BCUT2D eigenvalue weighted by Gasteiger charge is -2.22. The lowest BCUT2D eigenvalue weighted by Crippen LogP contribution is -2.17. The molecule has 178 valence electrons. The summed E-state index contributed by atoms with van der Waals surface area (Å²) in [5.41, 5.74) is 5.71. The molecular formula is C29H29N3O2S. The van der Waals surface area contributed by atoms with Gasteiger partial charge in [-0.2, -0.15) is 5.10 Å². The van der Waals surface area contributed by atoms with Crippen LogP contribution in [0.1, 0.15) is 67.4 Å². The van der Waals surface area contributed by atoms with E-state index in [2.05, 4.69) is 41.8 Å². The van der Waals surface area contributed by atoms with Crippen LogP contribution < -0.4 is 9.75 Å². The zero-order valence-corrected chi connectivity index (χ0v) is 20.7. The molecule has 0 saturated heterocycles. The molecule has 2 aromatic heterocycles. The van der Waals surface area contributed by atoms with Crippen molar-refractivity contribution >= 4 is 22.2 Å². The van der Waals surface area contributed by atoms with Gasteiger partial charge in [-0.25, -0.2) is 9.99 Å². The summed E-state index contributed by atoms with van der Waals surface area (Å²) in [4.78, 5) is 5.00. The number of nitrogens with zero attached hydrogens (tertiary/aromatic N) is 3. The Bertz CT molecular complexity index is 1290. The van der Waals surface area contributed by atoms with Crippen LogP contribution in [0.4, 0.5) is 5.13 Å². The quantitative estimate of drug-likeness (QED) is 0.281. The van der Waals surface area contributed by atoms with Gasteiger partial charge in [-0.3, -0.25) is 0 Å². The lowest BCUT2D eigenvalue weighted by molar-refractivity contribution is 0.415. The number of aromatic nitrogens is 1. The van der Waals surface area contributed by atoms with Gasteiger partial charge in [-0.1, -0.05) is 43.5 Å². The first-order valence-electron chi connectivity index (χ1n) is 12.4. The van der Waals surface area contributed by atoms with E-state index < -0.39 is 0 Å². The average Bonchev–Trinajstić information content (AvgIpc) is 3.70. The molecule has 6 rings (SSSR count). The van der Waals surface area contributed by atoms with Crippen molar-refractivity contribution in [3.63, 3.8) is 0 Å². The summed E-state index contributed by atoms with van der Waals surface area (Å²) in [7, 11) is 1.68. The smallest absolute Gasteiger partial charge is 0.207 e. The summed E-state index contributed by atoms with van der Waals surface area (Å²) >= 11 is 1.62. The van der Waals surface area contributed by atoms with E-state index in [1.54, 1.807) is 24.7 Å². The molecular weight excluding hydrogens is 454 g/mol. The highest BCUT2D eigenvalue weighted by atomic mass is 32.1. The van der Waals surface area contributed by atoms with Gasteiger partial charge in [0.05, 0.1) is 24.8 Å². The zero-order valence-electron chi connectivity index (χ0n) is 19.9. The standard InChI is InChI=1S/C29H29N3O2S/c1-33-24-15-13-22(14-16-24)25-18-27(28-8-5-17-34-28)32(31-25)29-30-26(19-35-29)23-11-9-21(10-12-23)20-6-3-2-4-7-20/h5,8-17,19-20,27H,2-4,6-7,18H2,1H3/t27-/m0/s1. The Morgan fingerprint density at radius 3 is 2.43 bits per heavy atom. The molecule has 35 heavy (non-hydrogen) atoms. The largest absolute Gasteiger partial charge is 0.497 e. The molecule has 2 aliphatic rings. The molecule has 0 amide bonds. The third-order valence-electron chi connectivity index (χ3n) is 7.18. The van der Waals surface area contributed by atoms with Gasteiger partial charge in [0.2, 0.25) is 5.13 Å². The number of anilines is 1. The number of rotatable bonds is 6. The number of ether oxygens (including phenoxy) is 1. The minimum atomic E-state index is -0.0187. The maximum absolute atomic E-state index is 5.79. The summed E-state index contributed by atoms with van der Waals surface area (Å²) in [6.45, 7) is 0. The molecule has 5 nitrogen and oxygen atoms in total. The number of furan rings is 1. The van der Waals surface area contributed by atoms with Gasteiger partial charge >= 0.3 is 0 Å². The molecule has 0 bridgehead atoms. The second-order valence-corrected chi connectivity index (χ2v) is 10.2. The Labute approximate surface area is 210 Å². The number of hydrogen-bond acceptors (Lipinski definition) is 6. The predicted molar refractivity (Wildman–Crippen MR) is 141 cm³/mol. The molecule has 0 spiro atoms. The molecule has 0 unspecified atom stereocenters. The molecule has 1 fully saturated rings. The molecule has 1 aliphatic heterocycles. The Kier molecular flexibility index (Phi) is 6.13. The summed E-state index contributed by atoms with van der Waals surface area (Å²) in [5, 5.41) is 10.0. The van der Waals surface area contributed by atoms with Crippen molar-refractivity contribution in [1.82, 2.24) is 4.98 Å². The lowest BCUT2D eigenvalue weighted by atomic mass is 9.84. The fraction of sp³-hybridized carbons (Fsp3) is 0.310. The minimum absolute atomic E-state index is 0.0187. The topological polar surface area (TPSA) is 50.9 Å². The van der Waals surface area contributed by atoms with Crippen molar-refractivity contribution in [1.29, 1.82) is 0 Å². The van der Waals surface area contributed by atoms with E-state index in [4.69, 9.17) is 19.2 Å². The third kappa shape index (κ3) is 4.50. The van der Waals surface area contributed by atoms with E-state index in [1.807, 2.05) is 29.3 Å². The van der Waals surface area contributed by atoms with Crippen LogP contribution in [0, 0.1) is 0 Å². The molecule has 6 heteroatoms. The normalized spacial score (nSPS) is 18.6. The summed E-state index contributed by atoms with van der Waals surface area (Å²) in [6, 6.07) is 21.0. The number of hydrogen-bond donors (Lipinski definition) is 0. The first-order valence-corrected chi connectivity index (χ1v) is 13.3. The number of benzene rings is 2. The molecule has 1 atom stereocenters. The number of hydrazone groups is 1. The van der Waals surface area contributed by atoms with Crippen LogP contribution >= 0.6 is 11.3 Å². The van der Waals surface area contributed by atoms with Crippen molar-refractivity contribution in [2.45, 2.75) is 50.5 Å². The van der Waals surface area contributed by atoms with Crippen molar-refractivity contribution in [2.75, 3.05) is 12.1 Å². The van der Waals surface area contributed by atoms with E-state index >= 15 is 0 Å². The monoisotopic (exact) mass is 483 g/mol. The average molecular weight is 484 g/mol. The fourth-order valence-corrected chi connectivity index (χ4v) is 6.04. The van der Waals surface area contributed by atoms with Crippen LogP contribution in [-0.4, -0.2) is 17.8 Å². The van der Waals surface area contributed by atoms with E-state index in [0.717, 1.165) is 45.6 Å². The molecule has 3 heterocycles. The van der Waals surface area contributed by atoms with Gasteiger partial charge in [0.15, 0.2) is 0 Å². The van der Waals surface area contributed by atoms with Crippen LogP contribution in [0.25, 0.3) is 11.3 Å². The van der Waals surface area contributed by atoms with E-state index in [0.29, 0.717) is 5.92 Å². The summed E-state index contributed by atoms with van der Waals surface area (Å²) in [5.74, 6) is 2.45. The highest BCUT2D eigenvalue weighted by Crippen LogP contribution is 2.40. The fourth-order valence-electron chi connectivity index (χ4n) is 5.21. The molecule has 0 radical (unpaired) electrons. The third-order valence-corrected chi connectivity index (χ3v) is 8.01. The van der Waals surface area contributed by atoms with Gasteiger partial charge < -0.3 is 9.15 Å². The van der Waals surface area contributed by atoms with Crippen LogP contribution in [-0.2, 0) is 0 Å². The molecule has 0 N–H and O–H groups in total. The van der Waals surface area contributed by atoms with Crippen LogP contribution in [0.3, 0.4) is 0 Å². The molecule has 2 aromatic carbocycles. The Hall–Kier alpha value is -3.38. The van der Waals surface area contributed by atoms with E-state index in [-0.39, 0.29) is 6.04 Å². The van der Waals surface area contributed by atoms with Crippen LogP contribution in [0.5, 0.6) is 5.75 Å². The van der Waals surface area contributed by atoms with Crippen molar-refractivity contribution in [2.24, 2.45) is 5.10 Å². The van der Waals surface area contributed by atoms with Gasteiger partial charge in [-0.15, -0.1) is 11.3 Å². The van der Waals surface area contributed by atoms with E-state index in [9.17, 15) is 0 Å². The van der Waals surface area contributed by atoms with Gasteiger partial charge in [0, 0.05) is 17.4 Å². The molecule has 1 aliphatic carbocycles. The zero-order chi connectivity index (χ0) is 23.6. The van der Waals surface area contributed by atoms with Gasteiger partial charge in [0.1, 0.15) is 17.6 Å². The second kappa shape index (κ2) is 9.70. The maximum Gasteiger partial charge on any atom is 0.207 e. The summed E-state index contributed by atoms with van der Waals surface area (Å²) < 4.78 is 11.1. The van der Waals surface area contributed by atoms with Crippen LogP contribution in [0.2, 0.25) is 0 Å². The minimum Gasteiger partial charge on any atom is -0.497 e. The Balaban J connectivity index is 1.27. The highest BCUT2D eigenvalue weighted by Gasteiger charge is 2.33.